The molecule has 0 bridgehead atoms. The van der Waals surface area contributed by atoms with Gasteiger partial charge in [0.05, 0.1) is 18.0 Å². The number of sulfonamides is 1. The Morgan fingerprint density at radius 3 is 2.52 bits per heavy atom. The van der Waals surface area contributed by atoms with E-state index in [0.29, 0.717) is 25.1 Å². The van der Waals surface area contributed by atoms with Crippen molar-refractivity contribution in [3.05, 3.63) is 29.8 Å². The average molecular weight is 370 g/mol. The van der Waals surface area contributed by atoms with E-state index in [1.54, 1.807) is 18.2 Å². The highest BCUT2D eigenvalue weighted by atomic mass is 32.2. The first-order valence-electron chi connectivity index (χ1n) is 8.08. The van der Waals surface area contributed by atoms with Gasteiger partial charge in [0.1, 0.15) is 6.54 Å². The number of amides is 1. The summed E-state index contributed by atoms with van der Waals surface area (Å²) >= 11 is 0. The molecule has 140 valence electrons. The van der Waals surface area contributed by atoms with Crippen molar-refractivity contribution in [2.45, 2.75) is 33.3 Å². The van der Waals surface area contributed by atoms with Gasteiger partial charge in [-0.2, -0.15) is 0 Å². The molecule has 0 fully saturated rings. The molecule has 1 aromatic rings. The van der Waals surface area contributed by atoms with Crippen LogP contribution in [0.15, 0.2) is 24.3 Å². The van der Waals surface area contributed by atoms with E-state index in [-0.39, 0.29) is 24.1 Å². The van der Waals surface area contributed by atoms with Gasteiger partial charge in [0.15, 0.2) is 5.78 Å². The predicted molar refractivity (Wildman–Crippen MR) is 97.4 cm³/mol. The Morgan fingerprint density at radius 2 is 1.96 bits per heavy atom. The molecular formula is C17H26N2O5S. The van der Waals surface area contributed by atoms with Gasteiger partial charge < -0.3 is 10.1 Å². The number of rotatable bonds is 10. The number of hydrogen-bond donors (Lipinski definition) is 1. The van der Waals surface area contributed by atoms with Crippen molar-refractivity contribution >= 4 is 27.4 Å². The molecule has 1 N–H and O–H groups in total. The van der Waals surface area contributed by atoms with Gasteiger partial charge in [0.2, 0.25) is 15.9 Å². The largest absolute Gasteiger partial charge is 0.379 e. The molecule has 1 rings (SSSR count). The molecule has 0 aliphatic heterocycles. The van der Waals surface area contributed by atoms with Crippen LogP contribution in [-0.2, 0) is 19.6 Å². The summed E-state index contributed by atoms with van der Waals surface area (Å²) in [6.45, 7) is 5.83. The van der Waals surface area contributed by atoms with E-state index in [0.717, 1.165) is 10.6 Å². The molecule has 0 saturated carbocycles. The number of ketones is 1. The van der Waals surface area contributed by atoms with Gasteiger partial charge in [-0.05, 0) is 39.3 Å². The fourth-order valence-corrected chi connectivity index (χ4v) is 2.93. The van der Waals surface area contributed by atoms with E-state index in [9.17, 15) is 18.0 Å². The Kier molecular flexibility index (Phi) is 8.05. The topological polar surface area (TPSA) is 92.8 Å². The number of Topliss-reactive ketones (excluding diaryl/α,β-unsaturated/α-hetero) is 1. The zero-order chi connectivity index (χ0) is 19.0. The highest BCUT2D eigenvalue weighted by Crippen LogP contribution is 2.19. The van der Waals surface area contributed by atoms with Crippen LogP contribution in [0.3, 0.4) is 0 Å². The molecule has 0 radical (unpaired) electrons. The maximum Gasteiger partial charge on any atom is 0.240 e. The standard InChI is InChI=1S/C17H26N2O5S/c1-13(2)24-10-6-9-18-17(21)12-19(25(4,22)23)16-8-5-7-15(11-16)14(3)20/h5,7-8,11,13H,6,9-10,12H2,1-4H3,(H,18,21). The molecule has 0 aliphatic carbocycles. The summed E-state index contributed by atoms with van der Waals surface area (Å²) in [4.78, 5) is 23.5. The Labute approximate surface area is 149 Å². The Morgan fingerprint density at radius 1 is 1.28 bits per heavy atom. The van der Waals surface area contributed by atoms with E-state index < -0.39 is 15.9 Å². The van der Waals surface area contributed by atoms with Gasteiger partial charge in [-0.3, -0.25) is 13.9 Å². The van der Waals surface area contributed by atoms with E-state index in [4.69, 9.17) is 4.74 Å². The van der Waals surface area contributed by atoms with E-state index in [1.165, 1.54) is 13.0 Å². The van der Waals surface area contributed by atoms with Crippen LogP contribution in [0.5, 0.6) is 0 Å². The van der Waals surface area contributed by atoms with Crippen LogP contribution in [0.25, 0.3) is 0 Å². The third-order valence-electron chi connectivity index (χ3n) is 3.32. The number of nitrogens with one attached hydrogen (secondary N) is 1. The number of benzene rings is 1. The molecule has 0 saturated heterocycles. The zero-order valence-corrected chi connectivity index (χ0v) is 15.9. The summed E-state index contributed by atoms with van der Waals surface area (Å²) in [6.07, 6.45) is 1.80. The second kappa shape index (κ2) is 9.53. The van der Waals surface area contributed by atoms with Crippen LogP contribution < -0.4 is 9.62 Å². The molecular weight excluding hydrogens is 344 g/mol. The Bertz CT molecular complexity index is 701. The summed E-state index contributed by atoms with van der Waals surface area (Å²) in [5, 5.41) is 2.67. The van der Waals surface area contributed by atoms with Crippen molar-refractivity contribution in [2.75, 3.05) is 30.3 Å². The highest BCUT2D eigenvalue weighted by molar-refractivity contribution is 7.92. The fraction of sp³-hybridized carbons (Fsp3) is 0.529. The molecule has 0 heterocycles. The van der Waals surface area contributed by atoms with Crippen LogP contribution in [0, 0.1) is 0 Å². The zero-order valence-electron chi connectivity index (χ0n) is 15.1. The third-order valence-corrected chi connectivity index (χ3v) is 4.46. The smallest absolute Gasteiger partial charge is 0.240 e. The Balaban J connectivity index is 2.73. The maximum atomic E-state index is 12.1. The van der Waals surface area contributed by atoms with Gasteiger partial charge in [-0.15, -0.1) is 0 Å². The number of ether oxygens (including phenoxy) is 1. The molecule has 7 nitrogen and oxygen atoms in total. The first kappa shape index (κ1) is 21.1. The van der Waals surface area contributed by atoms with Crippen molar-refractivity contribution in [3.8, 4) is 0 Å². The molecule has 0 unspecified atom stereocenters. The molecule has 8 heteroatoms. The van der Waals surface area contributed by atoms with Gasteiger partial charge in [-0.1, -0.05) is 12.1 Å². The van der Waals surface area contributed by atoms with Crippen LogP contribution >= 0.6 is 0 Å². The monoisotopic (exact) mass is 370 g/mol. The van der Waals surface area contributed by atoms with E-state index in [2.05, 4.69) is 5.32 Å². The lowest BCUT2D eigenvalue weighted by atomic mass is 10.1. The summed E-state index contributed by atoms with van der Waals surface area (Å²) in [5.74, 6) is -0.590. The highest BCUT2D eigenvalue weighted by Gasteiger charge is 2.21. The number of carbonyl (C=O) groups is 2. The van der Waals surface area contributed by atoms with Crippen molar-refractivity contribution in [3.63, 3.8) is 0 Å². The molecule has 0 aliphatic rings. The number of hydrogen-bond acceptors (Lipinski definition) is 5. The van der Waals surface area contributed by atoms with Gasteiger partial charge in [0, 0.05) is 18.7 Å². The first-order valence-corrected chi connectivity index (χ1v) is 9.93. The van der Waals surface area contributed by atoms with Crippen LogP contribution in [-0.4, -0.2) is 52.2 Å². The summed E-state index contributed by atoms with van der Waals surface area (Å²) < 4.78 is 30.4. The first-order chi connectivity index (χ1) is 11.6. The summed E-state index contributed by atoms with van der Waals surface area (Å²) in [7, 11) is -3.67. The molecule has 25 heavy (non-hydrogen) atoms. The lowest BCUT2D eigenvalue weighted by molar-refractivity contribution is -0.119. The second-order valence-electron chi connectivity index (χ2n) is 6.00. The number of anilines is 1. The molecule has 1 aromatic carbocycles. The van der Waals surface area contributed by atoms with Crippen molar-refractivity contribution in [1.82, 2.24) is 5.32 Å². The lowest BCUT2D eigenvalue weighted by Gasteiger charge is -2.22. The molecule has 0 spiro atoms. The lowest BCUT2D eigenvalue weighted by Crippen LogP contribution is -2.40. The minimum absolute atomic E-state index is 0.130. The van der Waals surface area contributed by atoms with Crippen molar-refractivity contribution in [2.24, 2.45) is 0 Å². The molecule has 1 amide bonds. The van der Waals surface area contributed by atoms with Crippen molar-refractivity contribution < 1.29 is 22.7 Å². The molecule has 0 atom stereocenters. The van der Waals surface area contributed by atoms with Gasteiger partial charge in [0.25, 0.3) is 0 Å². The normalized spacial score (nSPS) is 11.4. The predicted octanol–water partition coefficient (Wildman–Crippen LogP) is 1.59. The number of carbonyl (C=O) groups excluding carboxylic acids is 2. The fourth-order valence-electron chi connectivity index (χ4n) is 2.09. The van der Waals surface area contributed by atoms with E-state index in [1.807, 2.05) is 13.8 Å². The molecule has 0 aromatic heterocycles. The quantitative estimate of drug-likeness (QED) is 0.499. The summed E-state index contributed by atoms with van der Waals surface area (Å²) in [6, 6.07) is 6.21. The SMILES string of the molecule is CC(=O)c1cccc(N(CC(=O)NCCCOC(C)C)S(C)(=O)=O)c1. The Hall–Kier alpha value is -1.93. The van der Waals surface area contributed by atoms with Gasteiger partial charge >= 0.3 is 0 Å². The summed E-state index contributed by atoms with van der Waals surface area (Å²) in [5.41, 5.74) is 0.672. The minimum atomic E-state index is -3.67. The second-order valence-corrected chi connectivity index (χ2v) is 7.91. The van der Waals surface area contributed by atoms with Crippen molar-refractivity contribution in [1.29, 1.82) is 0 Å². The minimum Gasteiger partial charge on any atom is -0.379 e. The number of nitrogens with zero attached hydrogens (tertiary/aromatic N) is 1. The van der Waals surface area contributed by atoms with Crippen LogP contribution in [0.4, 0.5) is 5.69 Å². The van der Waals surface area contributed by atoms with E-state index >= 15 is 0 Å². The van der Waals surface area contributed by atoms with Crippen LogP contribution in [0.2, 0.25) is 0 Å². The van der Waals surface area contributed by atoms with Crippen LogP contribution in [0.1, 0.15) is 37.6 Å². The maximum absolute atomic E-state index is 12.1. The average Bonchev–Trinajstić information content (AvgIpc) is 2.51. The van der Waals surface area contributed by atoms with Gasteiger partial charge in [-0.25, -0.2) is 8.42 Å². The third kappa shape index (κ3) is 7.66.